The summed E-state index contributed by atoms with van der Waals surface area (Å²) in [5.74, 6) is 0. The van der Waals surface area contributed by atoms with Gasteiger partial charge in [0.25, 0.3) is 0 Å². The fraction of sp³-hybridized carbons (Fsp3) is 0.364. The zero-order valence-corrected chi connectivity index (χ0v) is 8.54. The molecule has 1 aromatic carbocycles. The quantitative estimate of drug-likeness (QED) is 0.689. The molecule has 1 aliphatic heterocycles. The highest BCUT2D eigenvalue weighted by Gasteiger charge is 2.30. The first-order chi connectivity index (χ1) is 6.84. The van der Waals surface area contributed by atoms with Crippen molar-refractivity contribution in [3.63, 3.8) is 0 Å². The van der Waals surface area contributed by atoms with Crippen LogP contribution < -0.4 is 0 Å². The van der Waals surface area contributed by atoms with E-state index in [4.69, 9.17) is 11.6 Å². The monoisotopic (exact) mass is 206 g/mol. The molecule has 0 amide bonds. The van der Waals surface area contributed by atoms with E-state index in [2.05, 4.69) is 22.0 Å². The van der Waals surface area contributed by atoms with Gasteiger partial charge < -0.3 is 4.90 Å². The molecule has 0 saturated heterocycles. The average Bonchev–Trinajstić information content (AvgIpc) is 2.62. The minimum Gasteiger partial charge on any atom is -0.354 e. The van der Waals surface area contributed by atoms with Crippen molar-refractivity contribution in [1.29, 1.82) is 0 Å². The predicted molar refractivity (Wildman–Crippen MR) is 58.0 cm³/mol. The Labute approximate surface area is 88.2 Å². The summed E-state index contributed by atoms with van der Waals surface area (Å²) in [6, 6.07) is 6.73. The first-order valence-electron chi connectivity index (χ1n) is 4.88. The van der Waals surface area contributed by atoms with E-state index in [1.165, 1.54) is 11.1 Å². The molecule has 1 atom stereocenters. The minimum absolute atomic E-state index is 0.550. The Hall–Kier alpha value is -1.02. The van der Waals surface area contributed by atoms with Gasteiger partial charge in [0.15, 0.2) is 0 Å². The van der Waals surface area contributed by atoms with E-state index in [-0.39, 0.29) is 0 Å². The molecule has 3 heteroatoms. The number of hydrogen-bond donors (Lipinski definition) is 0. The Morgan fingerprint density at radius 1 is 1.43 bits per heavy atom. The Bertz CT molecular complexity index is 400. The lowest BCUT2D eigenvalue weighted by Gasteiger charge is -2.36. The van der Waals surface area contributed by atoms with Crippen molar-refractivity contribution < 1.29 is 0 Å². The highest BCUT2D eigenvalue weighted by Crippen LogP contribution is 2.38. The van der Waals surface area contributed by atoms with Crippen LogP contribution in [0, 0.1) is 0 Å². The highest BCUT2D eigenvalue weighted by molar-refractivity contribution is 6.30. The molecule has 1 heterocycles. The zero-order valence-electron chi connectivity index (χ0n) is 7.78. The largest absolute Gasteiger partial charge is 0.354 e. The van der Waals surface area contributed by atoms with Gasteiger partial charge in [-0.25, -0.2) is 0 Å². The van der Waals surface area contributed by atoms with Crippen molar-refractivity contribution in [2.45, 2.75) is 12.5 Å². The van der Waals surface area contributed by atoms with Crippen LogP contribution in [0.4, 0.5) is 0 Å². The van der Waals surface area contributed by atoms with E-state index < -0.39 is 0 Å². The van der Waals surface area contributed by atoms with E-state index in [0.717, 1.165) is 24.5 Å². The molecule has 1 unspecified atom stereocenters. The van der Waals surface area contributed by atoms with Crippen LogP contribution in [0.5, 0.6) is 0 Å². The molecule has 2 nitrogen and oxygen atoms in total. The van der Waals surface area contributed by atoms with Gasteiger partial charge >= 0.3 is 0 Å². The third kappa shape index (κ3) is 1.14. The predicted octanol–water partition coefficient (Wildman–Crippen LogP) is 2.28. The number of benzene rings is 1. The van der Waals surface area contributed by atoms with Gasteiger partial charge in [0, 0.05) is 11.6 Å². The van der Waals surface area contributed by atoms with Gasteiger partial charge in [-0.3, -0.25) is 4.99 Å². The van der Waals surface area contributed by atoms with E-state index in [1.54, 1.807) is 0 Å². The number of aliphatic imine (C=N–C) groups is 1. The van der Waals surface area contributed by atoms with Crippen molar-refractivity contribution in [2.24, 2.45) is 4.99 Å². The van der Waals surface area contributed by atoms with Crippen LogP contribution in [0.25, 0.3) is 0 Å². The van der Waals surface area contributed by atoms with E-state index in [0.29, 0.717) is 6.04 Å². The van der Waals surface area contributed by atoms with Crippen molar-refractivity contribution in [3.05, 3.63) is 34.3 Å². The molecule has 0 aromatic heterocycles. The molecule has 1 aromatic rings. The molecule has 0 bridgehead atoms. The summed E-state index contributed by atoms with van der Waals surface area (Å²) >= 11 is 5.92. The van der Waals surface area contributed by atoms with Gasteiger partial charge in [-0.15, -0.1) is 0 Å². The van der Waals surface area contributed by atoms with E-state index in [9.17, 15) is 0 Å². The number of nitrogens with zero attached hydrogens (tertiary/aromatic N) is 2. The van der Waals surface area contributed by atoms with E-state index in [1.807, 2.05) is 12.4 Å². The fourth-order valence-corrected chi connectivity index (χ4v) is 2.38. The Balaban J connectivity index is 1.88. The molecule has 72 valence electrons. The molecule has 0 radical (unpaired) electrons. The number of rotatable bonds is 1. The van der Waals surface area contributed by atoms with Crippen LogP contribution in [0.2, 0.25) is 5.02 Å². The van der Waals surface area contributed by atoms with Gasteiger partial charge in [-0.2, -0.15) is 0 Å². The topological polar surface area (TPSA) is 15.6 Å². The molecule has 0 saturated carbocycles. The Morgan fingerprint density at radius 2 is 2.36 bits per heavy atom. The number of hydrogen-bond acceptors (Lipinski definition) is 2. The van der Waals surface area contributed by atoms with E-state index >= 15 is 0 Å². The summed E-state index contributed by atoms with van der Waals surface area (Å²) in [7, 11) is 0. The standard InChI is InChI=1S/C11H11ClN2/c12-9-1-2-10-8(5-9)6-11(10)14-4-3-13-7-14/h1-2,5,7,11H,3-4,6H2. The Kier molecular flexibility index (Phi) is 1.77. The summed E-state index contributed by atoms with van der Waals surface area (Å²) in [6.07, 6.45) is 3.09. The third-order valence-corrected chi connectivity index (χ3v) is 3.23. The van der Waals surface area contributed by atoms with Crippen molar-refractivity contribution >= 4 is 17.9 Å². The zero-order chi connectivity index (χ0) is 9.54. The fourth-order valence-electron chi connectivity index (χ4n) is 2.19. The summed E-state index contributed by atoms with van der Waals surface area (Å²) in [5.41, 5.74) is 2.81. The molecule has 2 aliphatic rings. The second-order valence-electron chi connectivity index (χ2n) is 3.82. The van der Waals surface area contributed by atoms with Crippen LogP contribution in [0.15, 0.2) is 23.2 Å². The molecule has 0 N–H and O–H groups in total. The maximum atomic E-state index is 5.92. The molecule has 1 aliphatic carbocycles. The van der Waals surface area contributed by atoms with Crippen LogP contribution >= 0.6 is 11.6 Å². The molecular formula is C11H11ClN2. The lowest BCUT2D eigenvalue weighted by atomic mass is 9.82. The maximum absolute atomic E-state index is 5.92. The molecular weight excluding hydrogens is 196 g/mol. The van der Waals surface area contributed by atoms with Crippen LogP contribution in [0.3, 0.4) is 0 Å². The molecule has 3 rings (SSSR count). The smallest absolute Gasteiger partial charge is 0.0856 e. The number of fused-ring (bicyclic) bond motifs is 1. The maximum Gasteiger partial charge on any atom is 0.0856 e. The summed E-state index contributed by atoms with van der Waals surface area (Å²) in [4.78, 5) is 6.55. The Morgan fingerprint density at radius 3 is 3.07 bits per heavy atom. The van der Waals surface area contributed by atoms with Gasteiger partial charge in [0.05, 0.1) is 18.9 Å². The van der Waals surface area contributed by atoms with Crippen LogP contribution in [-0.4, -0.2) is 24.3 Å². The van der Waals surface area contributed by atoms with Crippen LogP contribution in [-0.2, 0) is 6.42 Å². The third-order valence-electron chi connectivity index (χ3n) is 2.99. The average molecular weight is 207 g/mol. The highest BCUT2D eigenvalue weighted by atomic mass is 35.5. The van der Waals surface area contributed by atoms with Crippen molar-refractivity contribution in [1.82, 2.24) is 4.90 Å². The van der Waals surface area contributed by atoms with Gasteiger partial charge in [0.2, 0.25) is 0 Å². The summed E-state index contributed by atoms with van der Waals surface area (Å²) in [6.45, 7) is 2.01. The molecule has 0 fully saturated rings. The van der Waals surface area contributed by atoms with Crippen molar-refractivity contribution in [2.75, 3.05) is 13.1 Å². The molecule has 0 spiro atoms. The lowest BCUT2D eigenvalue weighted by Crippen LogP contribution is -2.34. The normalized spacial score (nSPS) is 23.5. The van der Waals surface area contributed by atoms with Gasteiger partial charge in [0.1, 0.15) is 0 Å². The SMILES string of the molecule is Clc1ccc2c(c1)CC2N1C=NCC1. The minimum atomic E-state index is 0.550. The first-order valence-corrected chi connectivity index (χ1v) is 5.26. The molecule has 14 heavy (non-hydrogen) atoms. The lowest BCUT2D eigenvalue weighted by molar-refractivity contribution is 0.317. The number of halogens is 1. The van der Waals surface area contributed by atoms with Gasteiger partial charge in [-0.05, 0) is 29.7 Å². The first kappa shape index (κ1) is 8.30. The second kappa shape index (κ2) is 2.99. The second-order valence-corrected chi connectivity index (χ2v) is 4.26. The summed E-state index contributed by atoms with van der Waals surface area (Å²) < 4.78 is 0. The van der Waals surface area contributed by atoms with Crippen LogP contribution in [0.1, 0.15) is 17.2 Å². The summed E-state index contributed by atoms with van der Waals surface area (Å²) in [5, 5.41) is 0.845. The van der Waals surface area contributed by atoms with Gasteiger partial charge in [-0.1, -0.05) is 17.7 Å². The van der Waals surface area contributed by atoms with Crippen molar-refractivity contribution in [3.8, 4) is 0 Å².